The molecule has 160 valence electrons. The van der Waals surface area contributed by atoms with E-state index in [9.17, 15) is 4.79 Å². The smallest absolute Gasteiger partial charge is 0.253 e. The van der Waals surface area contributed by atoms with E-state index in [0.29, 0.717) is 28.0 Å². The Bertz CT molecular complexity index is 1030. The monoisotopic (exact) mass is 454 g/mol. The lowest BCUT2D eigenvalue weighted by Gasteiger charge is -2.34. The summed E-state index contributed by atoms with van der Waals surface area (Å²) in [4.78, 5) is 17.3. The number of hydrogen-bond donors (Lipinski definition) is 0. The van der Waals surface area contributed by atoms with Crippen LogP contribution in [0.3, 0.4) is 0 Å². The fourth-order valence-electron chi connectivity index (χ4n) is 3.68. The van der Waals surface area contributed by atoms with Crippen LogP contribution in [0.5, 0.6) is 5.75 Å². The molecule has 3 aromatic carbocycles. The number of benzene rings is 3. The second-order valence-electron chi connectivity index (χ2n) is 7.59. The third kappa shape index (κ3) is 5.59. The molecule has 0 spiro atoms. The van der Waals surface area contributed by atoms with Crippen molar-refractivity contribution in [2.24, 2.45) is 0 Å². The van der Waals surface area contributed by atoms with Gasteiger partial charge in [-0.3, -0.25) is 9.69 Å². The first-order valence-corrected chi connectivity index (χ1v) is 11.1. The highest BCUT2D eigenvalue weighted by Gasteiger charge is 2.22. The van der Waals surface area contributed by atoms with Crippen molar-refractivity contribution in [1.82, 2.24) is 9.80 Å². The molecule has 1 amide bonds. The van der Waals surface area contributed by atoms with Crippen LogP contribution in [0.15, 0.2) is 72.8 Å². The standard InChI is InChI=1S/C25H24Cl2N2O2/c26-22-10-5-11-23(24(22)27)31-18-20-8-4-9-21(16-20)25(30)29-14-12-28(13-15-29)17-19-6-2-1-3-7-19/h1-11,16H,12-15,17-18H2. The maximum atomic E-state index is 13.0. The van der Waals surface area contributed by atoms with Crippen molar-refractivity contribution in [2.75, 3.05) is 26.2 Å². The number of amides is 1. The Balaban J connectivity index is 1.33. The molecule has 31 heavy (non-hydrogen) atoms. The average molecular weight is 455 g/mol. The first-order valence-electron chi connectivity index (χ1n) is 10.3. The Labute approximate surface area is 192 Å². The van der Waals surface area contributed by atoms with E-state index in [1.165, 1.54) is 5.56 Å². The van der Waals surface area contributed by atoms with Crippen LogP contribution in [0, 0.1) is 0 Å². The van der Waals surface area contributed by atoms with Crippen molar-refractivity contribution < 1.29 is 9.53 Å². The van der Waals surface area contributed by atoms with Gasteiger partial charge in [-0.15, -0.1) is 0 Å². The van der Waals surface area contributed by atoms with Crippen molar-refractivity contribution in [3.63, 3.8) is 0 Å². The molecule has 1 aliphatic rings. The zero-order valence-corrected chi connectivity index (χ0v) is 18.6. The predicted molar refractivity (Wildman–Crippen MR) is 125 cm³/mol. The SMILES string of the molecule is O=C(c1cccc(COc2cccc(Cl)c2Cl)c1)N1CCN(Cc2ccccc2)CC1. The topological polar surface area (TPSA) is 32.8 Å². The molecule has 1 saturated heterocycles. The first kappa shape index (κ1) is 21.7. The summed E-state index contributed by atoms with van der Waals surface area (Å²) in [6.45, 7) is 4.43. The average Bonchev–Trinajstić information content (AvgIpc) is 2.81. The number of halogens is 2. The number of hydrogen-bond acceptors (Lipinski definition) is 3. The van der Waals surface area contributed by atoms with Crippen LogP contribution in [-0.4, -0.2) is 41.9 Å². The van der Waals surface area contributed by atoms with Crippen LogP contribution in [0.25, 0.3) is 0 Å². The number of piperazine rings is 1. The number of ether oxygens (including phenoxy) is 1. The van der Waals surface area contributed by atoms with Gasteiger partial charge >= 0.3 is 0 Å². The molecular weight excluding hydrogens is 431 g/mol. The zero-order chi connectivity index (χ0) is 21.6. The van der Waals surface area contributed by atoms with E-state index in [2.05, 4.69) is 29.2 Å². The second-order valence-corrected chi connectivity index (χ2v) is 8.38. The van der Waals surface area contributed by atoms with Crippen molar-refractivity contribution in [2.45, 2.75) is 13.2 Å². The van der Waals surface area contributed by atoms with Gasteiger partial charge in [-0.2, -0.15) is 0 Å². The Kier molecular flexibility index (Phi) is 7.13. The van der Waals surface area contributed by atoms with Crippen molar-refractivity contribution in [1.29, 1.82) is 0 Å². The quantitative estimate of drug-likeness (QED) is 0.490. The minimum Gasteiger partial charge on any atom is -0.487 e. The number of nitrogens with zero attached hydrogens (tertiary/aromatic N) is 2. The Morgan fingerprint density at radius 1 is 0.839 bits per heavy atom. The normalized spacial score (nSPS) is 14.5. The third-order valence-corrected chi connectivity index (χ3v) is 6.19. The highest BCUT2D eigenvalue weighted by atomic mass is 35.5. The molecule has 0 N–H and O–H groups in total. The van der Waals surface area contributed by atoms with Crippen LogP contribution in [0.1, 0.15) is 21.5 Å². The molecule has 1 heterocycles. The van der Waals surface area contributed by atoms with E-state index in [1.54, 1.807) is 18.2 Å². The largest absolute Gasteiger partial charge is 0.487 e. The van der Waals surface area contributed by atoms with Crippen LogP contribution in [-0.2, 0) is 13.2 Å². The van der Waals surface area contributed by atoms with Crippen molar-refractivity contribution >= 4 is 29.1 Å². The van der Waals surface area contributed by atoms with E-state index in [0.717, 1.165) is 38.3 Å². The summed E-state index contributed by atoms with van der Waals surface area (Å²) in [5.41, 5.74) is 2.88. The summed E-state index contributed by atoms with van der Waals surface area (Å²) >= 11 is 12.2. The summed E-state index contributed by atoms with van der Waals surface area (Å²) in [6, 6.07) is 23.3. The van der Waals surface area contributed by atoms with Crippen LogP contribution in [0.4, 0.5) is 0 Å². The van der Waals surface area contributed by atoms with Gasteiger partial charge in [0.05, 0.1) is 5.02 Å². The number of carbonyl (C=O) groups is 1. The highest BCUT2D eigenvalue weighted by molar-refractivity contribution is 6.42. The van der Waals surface area contributed by atoms with Gasteiger partial charge in [0.15, 0.2) is 0 Å². The Morgan fingerprint density at radius 2 is 1.55 bits per heavy atom. The van der Waals surface area contributed by atoms with E-state index in [1.807, 2.05) is 35.2 Å². The molecule has 0 aliphatic carbocycles. The summed E-state index contributed by atoms with van der Waals surface area (Å²) in [5, 5.41) is 0.847. The lowest BCUT2D eigenvalue weighted by Crippen LogP contribution is -2.48. The van der Waals surface area contributed by atoms with Gasteiger partial charge < -0.3 is 9.64 Å². The summed E-state index contributed by atoms with van der Waals surface area (Å²) in [6.07, 6.45) is 0. The van der Waals surface area contributed by atoms with Crippen LogP contribution in [0.2, 0.25) is 10.0 Å². The molecular formula is C25H24Cl2N2O2. The van der Waals surface area contributed by atoms with Crippen LogP contribution < -0.4 is 4.74 Å². The summed E-state index contributed by atoms with van der Waals surface area (Å²) in [5.74, 6) is 0.586. The van der Waals surface area contributed by atoms with Gasteiger partial charge in [-0.1, -0.05) is 71.7 Å². The van der Waals surface area contributed by atoms with E-state index in [4.69, 9.17) is 27.9 Å². The molecule has 0 saturated carbocycles. The van der Waals surface area contributed by atoms with Gasteiger partial charge in [0.1, 0.15) is 17.4 Å². The summed E-state index contributed by atoms with van der Waals surface area (Å²) < 4.78 is 5.81. The molecule has 0 unspecified atom stereocenters. The van der Waals surface area contributed by atoms with Crippen molar-refractivity contribution in [3.05, 3.63) is 99.5 Å². The fraction of sp³-hybridized carbons (Fsp3) is 0.240. The van der Waals surface area contributed by atoms with E-state index >= 15 is 0 Å². The fourth-order valence-corrected chi connectivity index (χ4v) is 4.03. The molecule has 4 nitrogen and oxygen atoms in total. The molecule has 4 rings (SSSR count). The Hall–Kier alpha value is -2.53. The maximum absolute atomic E-state index is 13.0. The molecule has 0 aromatic heterocycles. The van der Waals surface area contributed by atoms with Gasteiger partial charge in [-0.05, 0) is 35.4 Å². The van der Waals surface area contributed by atoms with Gasteiger partial charge in [0.2, 0.25) is 0 Å². The highest BCUT2D eigenvalue weighted by Crippen LogP contribution is 2.32. The number of carbonyl (C=O) groups excluding carboxylic acids is 1. The lowest BCUT2D eigenvalue weighted by atomic mass is 10.1. The van der Waals surface area contributed by atoms with E-state index in [-0.39, 0.29) is 5.91 Å². The second kappa shape index (κ2) is 10.2. The van der Waals surface area contributed by atoms with Gasteiger partial charge in [-0.25, -0.2) is 0 Å². The first-order chi connectivity index (χ1) is 15.1. The summed E-state index contributed by atoms with van der Waals surface area (Å²) in [7, 11) is 0. The van der Waals surface area contributed by atoms with E-state index < -0.39 is 0 Å². The number of rotatable bonds is 6. The molecule has 3 aromatic rings. The Morgan fingerprint density at radius 3 is 2.32 bits per heavy atom. The molecule has 0 bridgehead atoms. The minimum atomic E-state index is 0.0574. The molecule has 0 atom stereocenters. The molecule has 1 aliphatic heterocycles. The van der Waals surface area contributed by atoms with Gasteiger partial charge in [0.25, 0.3) is 5.91 Å². The predicted octanol–water partition coefficient (Wildman–Crippen LogP) is 5.53. The molecule has 0 radical (unpaired) electrons. The van der Waals surface area contributed by atoms with Crippen LogP contribution >= 0.6 is 23.2 Å². The minimum absolute atomic E-state index is 0.0574. The third-order valence-electron chi connectivity index (χ3n) is 5.39. The van der Waals surface area contributed by atoms with Gasteiger partial charge in [0, 0.05) is 38.3 Å². The van der Waals surface area contributed by atoms with Crippen molar-refractivity contribution in [3.8, 4) is 5.75 Å². The molecule has 6 heteroatoms. The lowest BCUT2D eigenvalue weighted by molar-refractivity contribution is 0.0628. The maximum Gasteiger partial charge on any atom is 0.253 e. The zero-order valence-electron chi connectivity index (χ0n) is 17.1. The molecule has 1 fully saturated rings.